The zero-order valence-electron chi connectivity index (χ0n) is 23.5. The number of anilines is 1. The van der Waals surface area contributed by atoms with E-state index in [1.165, 1.54) is 25.5 Å². The highest BCUT2D eigenvalue weighted by molar-refractivity contribution is 7.96. The van der Waals surface area contributed by atoms with Crippen molar-refractivity contribution in [3.8, 4) is 5.75 Å². The number of allylic oxidation sites excluding steroid dienone is 3. The summed E-state index contributed by atoms with van der Waals surface area (Å²) in [6.07, 6.45) is 5.63. The summed E-state index contributed by atoms with van der Waals surface area (Å²) in [6.45, 7) is 15.6. The molecule has 38 heavy (non-hydrogen) atoms. The van der Waals surface area contributed by atoms with Crippen molar-refractivity contribution in [2.45, 2.75) is 34.1 Å². The summed E-state index contributed by atoms with van der Waals surface area (Å²) in [7, 11) is -0.829. The first-order chi connectivity index (χ1) is 18.1. The summed E-state index contributed by atoms with van der Waals surface area (Å²) in [4.78, 5) is 21.7. The van der Waals surface area contributed by atoms with Gasteiger partial charge in [-0.25, -0.2) is 8.42 Å². The highest BCUT2D eigenvalue weighted by atomic mass is 32.2. The third-order valence-corrected chi connectivity index (χ3v) is 8.06. The summed E-state index contributed by atoms with van der Waals surface area (Å²) in [5, 5.41) is 0. The van der Waals surface area contributed by atoms with E-state index in [0.717, 1.165) is 32.7 Å². The number of hydrogen-bond acceptors (Lipinski definition) is 7. The van der Waals surface area contributed by atoms with Gasteiger partial charge in [0.25, 0.3) is 15.9 Å². The van der Waals surface area contributed by atoms with Crippen LogP contribution in [-0.4, -0.2) is 83.9 Å². The van der Waals surface area contributed by atoms with Gasteiger partial charge >= 0.3 is 0 Å². The molecule has 0 aliphatic carbocycles. The molecule has 1 aliphatic rings. The van der Waals surface area contributed by atoms with E-state index in [1.807, 2.05) is 11.8 Å². The Kier molecular flexibility index (Phi) is 12.2. The van der Waals surface area contributed by atoms with Gasteiger partial charge in [-0.1, -0.05) is 19.6 Å². The number of nitrogens with zero attached hydrogens (tertiary/aromatic N) is 3. The molecular formula is C28H42N4O5S. The summed E-state index contributed by atoms with van der Waals surface area (Å²) >= 11 is 0. The highest BCUT2D eigenvalue weighted by Crippen LogP contribution is 2.28. The van der Waals surface area contributed by atoms with E-state index in [1.54, 1.807) is 39.2 Å². The molecule has 1 fully saturated rings. The van der Waals surface area contributed by atoms with E-state index in [-0.39, 0.29) is 16.5 Å². The number of piperazine rings is 1. The smallest absolute Gasteiger partial charge is 0.264 e. The molecule has 0 bridgehead atoms. The Balaban J connectivity index is 2.21. The second kappa shape index (κ2) is 14.8. The molecule has 1 unspecified atom stereocenters. The predicted octanol–water partition coefficient (Wildman–Crippen LogP) is 4.32. The Morgan fingerprint density at radius 1 is 1.21 bits per heavy atom. The molecule has 1 aliphatic heterocycles. The summed E-state index contributed by atoms with van der Waals surface area (Å²) in [6, 6.07) is 4.67. The molecule has 0 saturated carbocycles. The third kappa shape index (κ3) is 8.02. The quantitative estimate of drug-likeness (QED) is 0.292. The summed E-state index contributed by atoms with van der Waals surface area (Å²) in [5.74, 6) is 0.626. The third-order valence-electron chi connectivity index (χ3n) is 6.61. The van der Waals surface area contributed by atoms with Crippen LogP contribution in [0.25, 0.3) is 0 Å². The number of carbonyl (C=O) groups is 1. The molecule has 1 aromatic rings. The lowest BCUT2D eigenvalue weighted by atomic mass is 10.1. The first kappa shape index (κ1) is 31.3. The van der Waals surface area contributed by atoms with E-state index in [0.29, 0.717) is 41.6 Å². The molecule has 9 nitrogen and oxygen atoms in total. The Bertz CT molecular complexity index is 1170. The summed E-state index contributed by atoms with van der Waals surface area (Å²) in [5.41, 5.74) is 1.66. The number of methoxy groups -OCH3 is 2. The zero-order valence-corrected chi connectivity index (χ0v) is 24.3. The van der Waals surface area contributed by atoms with Gasteiger partial charge in [-0.05, 0) is 56.9 Å². The van der Waals surface area contributed by atoms with Crippen LogP contribution in [0.2, 0.25) is 0 Å². The predicted molar refractivity (Wildman–Crippen MR) is 154 cm³/mol. The van der Waals surface area contributed by atoms with E-state index in [9.17, 15) is 13.2 Å². The van der Waals surface area contributed by atoms with Crippen molar-refractivity contribution >= 4 is 27.8 Å². The maximum absolute atomic E-state index is 13.3. The molecule has 1 amide bonds. The van der Waals surface area contributed by atoms with E-state index >= 15 is 0 Å². The van der Waals surface area contributed by atoms with Crippen molar-refractivity contribution in [3.63, 3.8) is 0 Å². The van der Waals surface area contributed by atoms with Crippen LogP contribution in [0.5, 0.6) is 5.75 Å². The van der Waals surface area contributed by atoms with Gasteiger partial charge in [0.2, 0.25) is 0 Å². The maximum Gasteiger partial charge on any atom is 0.264 e. The van der Waals surface area contributed by atoms with E-state index in [2.05, 4.69) is 28.1 Å². The Morgan fingerprint density at radius 2 is 1.89 bits per heavy atom. The standard InChI is InChI=1S/C28H42N4O5S/c1-8-21(5)27(29-11-4)26(10-3)38(34,35)30-23-12-13-24(25(18-23)37-7)28(33)32-16-14-31(15-17-32)19-22(9-2)20-36-6/h8,10-13,18,22,30H,3,9,14-17,19-20H2,1-2,4-7H3/b21-8-,27-26-,29-11?. The molecule has 1 atom stereocenters. The molecular weight excluding hydrogens is 504 g/mol. The number of aliphatic imine (C=N–C) groups is 1. The first-order valence-corrected chi connectivity index (χ1v) is 14.3. The number of benzene rings is 1. The van der Waals surface area contributed by atoms with Crippen LogP contribution < -0.4 is 9.46 Å². The Labute approximate surface area is 227 Å². The van der Waals surface area contributed by atoms with Crippen LogP contribution in [0.3, 0.4) is 0 Å². The lowest BCUT2D eigenvalue weighted by Crippen LogP contribution is -2.50. The van der Waals surface area contributed by atoms with Gasteiger partial charge in [0, 0.05) is 52.1 Å². The molecule has 210 valence electrons. The number of amides is 1. The minimum atomic E-state index is -4.01. The monoisotopic (exact) mass is 546 g/mol. The highest BCUT2D eigenvalue weighted by Gasteiger charge is 2.26. The van der Waals surface area contributed by atoms with Crippen molar-refractivity contribution in [3.05, 3.63) is 58.7 Å². The van der Waals surface area contributed by atoms with Crippen LogP contribution in [-0.2, 0) is 14.8 Å². The zero-order chi connectivity index (χ0) is 28.3. The van der Waals surface area contributed by atoms with Gasteiger partial charge < -0.3 is 14.4 Å². The topological polar surface area (TPSA) is 101 Å². The van der Waals surface area contributed by atoms with Gasteiger partial charge in [0.05, 0.1) is 30.7 Å². The van der Waals surface area contributed by atoms with Gasteiger partial charge in [-0.15, -0.1) is 0 Å². The minimum Gasteiger partial charge on any atom is -0.496 e. The molecule has 2 rings (SSSR count). The fourth-order valence-electron chi connectivity index (χ4n) is 4.31. The van der Waals surface area contributed by atoms with Crippen LogP contribution >= 0.6 is 0 Å². The van der Waals surface area contributed by atoms with Crippen LogP contribution in [0.4, 0.5) is 5.69 Å². The van der Waals surface area contributed by atoms with Crippen molar-refractivity contribution in [2.75, 3.05) is 58.3 Å². The molecule has 0 spiro atoms. The molecule has 0 aromatic heterocycles. The van der Waals surface area contributed by atoms with Crippen molar-refractivity contribution in [2.24, 2.45) is 10.9 Å². The maximum atomic E-state index is 13.3. The largest absolute Gasteiger partial charge is 0.496 e. The number of rotatable bonds is 13. The SMILES string of the molecule is C=C/C(=C(N=CC)\C(C)=C/C)S(=O)(=O)Nc1ccc(C(=O)N2CCN(CC(CC)COC)CC2)c(OC)c1. The number of hydrogen-bond donors (Lipinski definition) is 1. The van der Waals surface area contributed by atoms with Gasteiger partial charge in [-0.2, -0.15) is 0 Å². The average Bonchev–Trinajstić information content (AvgIpc) is 2.91. The van der Waals surface area contributed by atoms with E-state index in [4.69, 9.17) is 9.47 Å². The summed E-state index contributed by atoms with van der Waals surface area (Å²) < 4.78 is 39.8. The lowest BCUT2D eigenvalue weighted by Gasteiger charge is -2.36. The van der Waals surface area contributed by atoms with Crippen LogP contribution in [0.15, 0.2) is 58.1 Å². The van der Waals surface area contributed by atoms with Crippen LogP contribution in [0.1, 0.15) is 44.5 Å². The fraction of sp³-hybridized carbons (Fsp3) is 0.500. The second-order valence-corrected chi connectivity index (χ2v) is 10.8. The Hall–Kier alpha value is -2.95. The van der Waals surface area contributed by atoms with E-state index < -0.39 is 10.0 Å². The van der Waals surface area contributed by atoms with Gasteiger partial charge in [0.1, 0.15) is 10.7 Å². The molecule has 0 radical (unpaired) electrons. The van der Waals surface area contributed by atoms with Gasteiger partial charge in [0.15, 0.2) is 0 Å². The van der Waals surface area contributed by atoms with Crippen LogP contribution in [0, 0.1) is 5.92 Å². The second-order valence-electron chi connectivity index (χ2n) is 9.12. The molecule has 1 saturated heterocycles. The average molecular weight is 547 g/mol. The number of sulfonamides is 1. The Morgan fingerprint density at radius 3 is 2.42 bits per heavy atom. The molecule has 1 aromatic carbocycles. The van der Waals surface area contributed by atoms with Crippen molar-refractivity contribution in [1.82, 2.24) is 9.80 Å². The van der Waals surface area contributed by atoms with Gasteiger partial charge in [-0.3, -0.25) is 19.4 Å². The number of nitrogens with one attached hydrogen (secondary N) is 1. The minimum absolute atomic E-state index is 0.0426. The first-order valence-electron chi connectivity index (χ1n) is 12.9. The molecule has 1 heterocycles. The van der Waals surface area contributed by atoms with Crippen molar-refractivity contribution < 1.29 is 22.7 Å². The van der Waals surface area contributed by atoms with Crippen molar-refractivity contribution in [1.29, 1.82) is 0 Å². The molecule has 10 heteroatoms. The number of carbonyl (C=O) groups excluding carboxylic acids is 1. The fourth-order valence-corrected chi connectivity index (χ4v) is 5.54. The normalized spacial score (nSPS) is 16.8. The molecule has 1 N–H and O–H groups in total. The number of ether oxygens (including phenoxy) is 2. The lowest BCUT2D eigenvalue weighted by molar-refractivity contribution is 0.0567.